The predicted molar refractivity (Wildman–Crippen MR) is 117 cm³/mol. The van der Waals surface area contributed by atoms with Gasteiger partial charge >= 0.3 is 0 Å². The molecule has 1 fully saturated rings. The summed E-state index contributed by atoms with van der Waals surface area (Å²) >= 11 is 0. The van der Waals surface area contributed by atoms with Crippen LogP contribution in [0, 0.1) is 5.92 Å². The summed E-state index contributed by atoms with van der Waals surface area (Å²) in [6.45, 7) is 4.38. The molecule has 2 aromatic carbocycles. The third kappa shape index (κ3) is 6.24. The minimum atomic E-state index is -0.214. The molecule has 0 atom stereocenters. The molecule has 1 saturated carbocycles. The smallest absolute Gasteiger partial charge is 0.244 e. The van der Waals surface area contributed by atoms with Crippen molar-refractivity contribution in [3.8, 4) is 11.5 Å². The summed E-state index contributed by atoms with van der Waals surface area (Å²) in [4.78, 5) is 24.1. The molecular formula is C24H26N2O4. The molecule has 6 heteroatoms. The Morgan fingerprint density at radius 3 is 2.73 bits per heavy atom. The Morgan fingerprint density at radius 2 is 2.00 bits per heavy atom. The van der Waals surface area contributed by atoms with Crippen LogP contribution in [0.25, 0.3) is 6.08 Å². The van der Waals surface area contributed by atoms with Crippen molar-refractivity contribution in [2.45, 2.75) is 19.4 Å². The summed E-state index contributed by atoms with van der Waals surface area (Å²) in [6.07, 6.45) is 6.77. The monoisotopic (exact) mass is 406 g/mol. The maximum Gasteiger partial charge on any atom is 0.244 e. The summed E-state index contributed by atoms with van der Waals surface area (Å²) in [7, 11) is 1.57. The molecule has 30 heavy (non-hydrogen) atoms. The van der Waals surface area contributed by atoms with Crippen LogP contribution in [-0.2, 0) is 16.1 Å². The fourth-order valence-electron chi connectivity index (χ4n) is 2.82. The second-order valence-corrected chi connectivity index (χ2v) is 7.03. The average molecular weight is 406 g/mol. The first-order valence-electron chi connectivity index (χ1n) is 9.86. The first-order chi connectivity index (χ1) is 14.6. The second kappa shape index (κ2) is 10.3. The summed E-state index contributed by atoms with van der Waals surface area (Å²) < 4.78 is 10.9. The molecule has 1 aliphatic carbocycles. The lowest BCUT2D eigenvalue weighted by molar-refractivity contribution is -0.117. The van der Waals surface area contributed by atoms with Crippen LogP contribution in [0.15, 0.2) is 61.2 Å². The molecule has 0 aromatic heterocycles. The third-order valence-corrected chi connectivity index (χ3v) is 4.58. The highest BCUT2D eigenvalue weighted by molar-refractivity contribution is 5.94. The van der Waals surface area contributed by atoms with Crippen molar-refractivity contribution in [3.05, 3.63) is 72.3 Å². The van der Waals surface area contributed by atoms with E-state index in [9.17, 15) is 9.59 Å². The number of carbonyl (C=O) groups is 2. The molecule has 0 aliphatic heterocycles. The van der Waals surface area contributed by atoms with Gasteiger partial charge < -0.3 is 20.1 Å². The van der Waals surface area contributed by atoms with Crippen molar-refractivity contribution in [1.82, 2.24) is 5.32 Å². The van der Waals surface area contributed by atoms with E-state index in [4.69, 9.17) is 9.47 Å². The van der Waals surface area contributed by atoms with Crippen LogP contribution >= 0.6 is 0 Å². The Bertz CT molecular complexity index is 948. The zero-order chi connectivity index (χ0) is 21.3. The standard InChI is InChI=1S/C24H26N2O4/c1-3-13-30-21-11-7-17(15-22(21)29-2)8-12-23(27)25-16-18-5-4-6-20(14-18)26-24(28)19-9-10-19/h3-8,11-12,14-15,19H,1,9-10,13,16H2,2H3,(H,25,27)(H,26,28)/b12-8+. The van der Waals surface area contributed by atoms with Crippen molar-refractivity contribution < 1.29 is 19.1 Å². The Labute approximate surface area is 176 Å². The number of amides is 2. The van der Waals surface area contributed by atoms with Gasteiger partial charge in [-0.25, -0.2) is 0 Å². The minimum Gasteiger partial charge on any atom is -0.493 e. The molecule has 2 N–H and O–H groups in total. The quantitative estimate of drug-likeness (QED) is 0.463. The summed E-state index contributed by atoms with van der Waals surface area (Å²) in [5, 5.41) is 5.76. The van der Waals surface area contributed by atoms with Gasteiger partial charge in [0.2, 0.25) is 11.8 Å². The molecule has 0 saturated heterocycles. The number of benzene rings is 2. The average Bonchev–Trinajstić information content (AvgIpc) is 3.61. The van der Waals surface area contributed by atoms with Crippen LogP contribution in [0.3, 0.4) is 0 Å². The fraction of sp³-hybridized carbons (Fsp3) is 0.250. The topological polar surface area (TPSA) is 76.7 Å². The molecule has 0 unspecified atom stereocenters. The van der Waals surface area contributed by atoms with Crippen LogP contribution < -0.4 is 20.1 Å². The van der Waals surface area contributed by atoms with E-state index in [0.717, 1.165) is 29.7 Å². The number of methoxy groups -OCH3 is 1. The molecule has 0 spiro atoms. The van der Waals surface area contributed by atoms with Gasteiger partial charge in [0.05, 0.1) is 7.11 Å². The molecule has 1 aliphatic rings. The SMILES string of the molecule is C=CCOc1ccc(/C=C/C(=O)NCc2cccc(NC(=O)C3CC3)c2)cc1OC. The lowest BCUT2D eigenvalue weighted by Crippen LogP contribution is -2.20. The molecule has 3 rings (SSSR count). The molecule has 6 nitrogen and oxygen atoms in total. The fourth-order valence-corrected chi connectivity index (χ4v) is 2.82. The zero-order valence-corrected chi connectivity index (χ0v) is 17.0. The Kier molecular flexibility index (Phi) is 7.27. The van der Waals surface area contributed by atoms with E-state index < -0.39 is 0 Å². The minimum absolute atomic E-state index is 0.0652. The second-order valence-electron chi connectivity index (χ2n) is 7.03. The summed E-state index contributed by atoms with van der Waals surface area (Å²) in [5.74, 6) is 1.21. The van der Waals surface area contributed by atoms with Gasteiger partial charge in [-0.2, -0.15) is 0 Å². The highest BCUT2D eigenvalue weighted by Crippen LogP contribution is 2.30. The lowest BCUT2D eigenvalue weighted by Gasteiger charge is -2.09. The van der Waals surface area contributed by atoms with Crippen molar-refractivity contribution in [3.63, 3.8) is 0 Å². The van der Waals surface area contributed by atoms with Gasteiger partial charge in [0.15, 0.2) is 11.5 Å². The molecule has 0 heterocycles. The highest BCUT2D eigenvalue weighted by Gasteiger charge is 2.29. The molecule has 2 aromatic rings. The zero-order valence-electron chi connectivity index (χ0n) is 17.0. The molecule has 0 bridgehead atoms. The molecular weight excluding hydrogens is 380 g/mol. The first kappa shape index (κ1) is 21.2. The molecule has 156 valence electrons. The normalized spacial score (nSPS) is 13.0. The van der Waals surface area contributed by atoms with Crippen molar-refractivity contribution in [1.29, 1.82) is 0 Å². The van der Waals surface area contributed by atoms with Gasteiger partial charge in [0.25, 0.3) is 0 Å². The van der Waals surface area contributed by atoms with Gasteiger partial charge in [-0.1, -0.05) is 30.9 Å². The largest absolute Gasteiger partial charge is 0.493 e. The van der Waals surface area contributed by atoms with Gasteiger partial charge in [-0.15, -0.1) is 0 Å². The van der Waals surface area contributed by atoms with Crippen LogP contribution in [0.4, 0.5) is 5.69 Å². The van der Waals surface area contributed by atoms with Crippen LogP contribution in [-0.4, -0.2) is 25.5 Å². The number of hydrogen-bond acceptors (Lipinski definition) is 4. The van der Waals surface area contributed by atoms with E-state index in [1.807, 2.05) is 30.3 Å². The Morgan fingerprint density at radius 1 is 1.17 bits per heavy atom. The van der Waals surface area contributed by atoms with Gasteiger partial charge in [0, 0.05) is 24.2 Å². The van der Waals surface area contributed by atoms with E-state index in [0.29, 0.717) is 24.7 Å². The van der Waals surface area contributed by atoms with E-state index in [1.54, 1.807) is 31.4 Å². The number of carbonyl (C=O) groups excluding carboxylic acids is 2. The lowest BCUT2D eigenvalue weighted by atomic mass is 10.1. The predicted octanol–water partition coefficient (Wildman–Crippen LogP) is 3.94. The molecule has 2 amide bonds. The van der Waals surface area contributed by atoms with E-state index in [1.165, 1.54) is 6.08 Å². The summed E-state index contributed by atoms with van der Waals surface area (Å²) in [6, 6.07) is 12.9. The number of nitrogens with one attached hydrogen (secondary N) is 2. The number of ether oxygens (including phenoxy) is 2. The van der Waals surface area contributed by atoms with Crippen molar-refractivity contribution >= 4 is 23.6 Å². The van der Waals surface area contributed by atoms with Gasteiger partial charge in [0.1, 0.15) is 6.61 Å². The highest BCUT2D eigenvalue weighted by atomic mass is 16.5. The number of hydrogen-bond donors (Lipinski definition) is 2. The van der Waals surface area contributed by atoms with Crippen molar-refractivity contribution in [2.75, 3.05) is 19.0 Å². The van der Waals surface area contributed by atoms with E-state index in [-0.39, 0.29) is 17.7 Å². The van der Waals surface area contributed by atoms with Gasteiger partial charge in [-0.3, -0.25) is 9.59 Å². The maximum atomic E-state index is 12.2. The van der Waals surface area contributed by atoms with Crippen LogP contribution in [0.1, 0.15) is 24.0 Å². The van der Waals surface area contributed by atoms with E-state index in [2.05, 4.69) is 17.2 Å². The maximum absolute atomic E-state index is 12.2. The summed E-state index contributed by atoms with van der Waals surface area (Å²) in [5.41, 5.74) is 2.48. The van der Waals surface area contributed by atoms with Crippen LogP contribution in [0.2, 0.25) is 0 Å². The first-order valence-corrected chi connectivity index (χ1v) is 9.86. The molecule has 0 radical (unpaired) electrons. The Balaban J connectivity index is 1.53. The third-order valence-electron chi connectivity index (χ3n) is 4.58. The number of anilines is 1. The van der Waals surface area contributed by atoms with E-state index >= 15 is 0 Å². The Hall–Kier alpha value is -3.54. The van der Waals surface area contributed by atoms with Crippen LogP contribution in [0.5, 0.6) is 11.5 Å². The number of rotatable bonds is 10. The van der Waals surface area contributed by atoms with Crippen molar-refractivity contribution in [2.24, 2.45) is 5.92 Å². The van der Waals surface area contributed by atoms with Gasteiger partial charge in [-0.05, 0) is 54.3 Å².